The zero-order valence-electron chi connectivity index (χ0n) is 14.4. The minimum absolute atomic E-state index is 0.0989. The Morgan fingerprint density at radius 1 is 1.04 bits per heavy atom. The van der Waals surface area contributed by atoms with Crippen LogP contribution in [0.15, 0.2) is 24.3 Å². The third-order valence-electron chi connectivity index (χ3n) is 4.39. The van der Waals surface area contributed by atoms with Crippen LogP contribution in [0.25, 0.3) is 0 Å². The maximum Gasteiger partial charge on any atom is 0.449 e. The Hall–Kier alpha value is -1.14. The van der Waals surface area contributed by atoms with Crippen LogP contribution in [0.4, 0.5) is 13.2 Å². The Morgan fingerprint density at radius 3 is 1.96 bits per heavy atom. The van der Waals surface area contributed by atoms with E-state index in [1.54, 1.807) is 12.1 Å². The van der Waals surface area contributed by atoms with Crippen LogP contribution < -0.4 is 0 Å². The molecule has 0 fully saturated rings. The molecule has 2 nitrogen and oxygen atoms in total. The molecule has 23 heavy (non-hydrogen) atoms. The molecule has 1 rings (SSSR count). The second-order valence-corrected chi connectivity index (χ2v) is 12.1. The highest BCUT2D eigenvalue weighted by atomic mass is 28.4. The summed E-state index contributed by atoms with van der Waals surface area (Å²) >= 11 is 0. The summed E-state index contributed by atoms with van der Waals surface area (Å²) in [5.41, 5.74) is 1.71. The molecule has 0 aliphatic heterocycles. The third-order valence-corrected chi connectivity index (χ3v) is 8.86. The van der Waals surface area contributed by atoms with Crippen LogP contribution >= 0.6 is 0 Å². The second kappa shape index (κ2) is 7.17. The number of Topliss-reactive ketones (excluding diaryl/α,β-unsaturated/α-hetero) is 1. The van der Waals surface area contributed by atoms with E-state index in [1.807, 2.05) is 12.1 Å². The lowest BCUT2D eigenvalue weighted by Gasteiger charge is -2.36. The Labute approximate surface area is 137 Å². The van der Waals surface area contributed by atoms with Crippen LogP contribution in [0.5, 0.6) is 0 Å². The SMILES string of the molecule is CC(C)(C)[Si](C)(C)OCc1ccc(CCC(=O)C(F)(F)F)cc1. The van der Waals surface area contributed by atoms with Crippen molar-refractivity contribution in [2.24, 2.45) is 0 Å². The molecule has 0 saturated heterocycles. The van der Waals surface area contributed by atoms with Gasteiger partial charge in [0.1, 0.15) is 0 Å². The number of carbonyl (C=O) groups excluding carboxylic acids is 1. The summed E-state index contributed by atoms with van der Waals surface area (Å²) in [5, 5.41) is 0.130. The fraction of sp³-hybridized carbons (Fsp3) is 0.588. The molecule has 0 aliphatic carbocycles. The highest BCUT2D eigenvalue weighted by Crippen LogP contribution is 2.37. The lowest BCUT2D eigenvalue weighted by Crippen LogP contribution is -2.40. The number of hydrogen-bond donors (Lipinski definition) is 0. The van der Waals surface area contributed by atoms with Crippen molar-refractivity contribution in [2.45, 2.75) is 64.5 Å². The van der Waals surface area contributed by atoms with Gasteiger partial charge in [0.2, 0.25) is 5.78 Å². The van der Waals surface area contributed by atoms with E-state index in [4.69, 9.17) is 4.43 Å². The Balaban J connectivity index is 2.56. The van der Waals surface area contributed by atoms with Gasteiger partial charge in [-0.15, -0.1) is 0 Å². The molecule has 0 heterocycles. The molecule has 6 heteroatoms. The molecule has 1 aromatic rings. The first-order chi connectivity index (χ1) is 10.3. The summed E-state index contributed by atoms with van der Waals surface area (Å²) in [6.07, 6.45) is -5.15. The van der Waals surface area contributed by atoms with Crippen LogP contribution in [0.3, 0.4) is 0 Å². The largest absolute Gasteiger partial charge is 0.449 e. The van der Waals surface area contributed by atoms with Gasteiger partial charge in [-0.1, -0.05) is 45.0 Å². The van der Waals surface area contributed by atoms with Crippen LogP contribution in [0.1, 0.15) is 38.3 Å². The number of rotatable bonds is 6. The summed E-state index contributed by atoms with van der Waals surface area (Å²) in [7, 11) is -1.82. The number of ketones is 1. The highest BCUT2D eigenvalue weighted by molar-refractivity contribution is 6.74. The van der Waals surface area contributed by atoms with E-state index in [1.165, 1.54) is 0 Å². The Bertz CT molecular complexity index is 528. The van der Waals surface area contributed by atoms with Gasteiger partial charge in [-0.3, -0.25) is 4.79 Å². The zero-order valence-corrected chi connectivity index (χ0v) is 15.4. The van der Waals surface area contributed by atoms with E-state index in [9.17, 15) is 18.0 Å². The molecule has 0 spiro atoms. The second-order valence-electron chi connectivity index (χ2n) is 7.29. The molecule has 0 radical (unpaired) electrons. The van der Waals surface area contributed by atoms with Crippen molar-refractivity contribution in [3.05, 3.63) is 35.4 Å². The van der Waals surface area contributed by atoms with E-state index in [-0.39, 0.29) is 11.5 Å². The van der Waals surface area contributed by atoms with Gasteiger partial charge in [0.05, 0.1) is 6.61 Å². The number of benzene rings is 1. The van der Waals surface area contributed by atoms with Crippen molar-refractivity contribution < 1.29 is 22.4 Å². The Kier molecular flexibility index (Phi) is 6.21. The van der Waals surface area contributed by atoms with Gasteiger partial charge in [0.15, 0.2) is 8.32 Å². The van der Waals surface area contributed by atoms with Gasteiger partial charge in [-0.2, -0.15) is 13.2 Å². The number of carbonyl (C=O) groups is 1. The third kappa shape index (κ3) is 6.10. The maximum absolute atomic E-state index is 12.2. The molecule has 0 unspecified atom stereocenters. The average molecular weight is 346 g/mol. The first-order valence-electron chi connectivity index (χ1n) is 7.65. The first-order valence-corrected chi connectivity index (χ1v) is 10.6. The number of hydrogen-bond acceptors (Lipinski definition) is 2. The van der Waals surface area contributed by atoms with Crippen molar-refractivity contribution in [3.8, 4) is 0 Å². The summed E-state index contributed by atoms with van der Waals surface area (Å²) in [6.45, 7) is 11.3. The van der Waals surface area contributed by atoms with E-state index in [0.29, 0.717) is 6.61 Å². The summed E-state index contributed by atoms with van der Waals surface area (Å²) in [6, 6.07) is 7.21. The summed E-state index contributed by atoms with van der Waals surface area (Å²) < 4.78 is 42.6. The van der Waals surface area contributed by atoms with Crippen LogP contribution in [-0.2, 0) is 22.2 Å². The molecular formula is C17H25F3O2Si. The fourth-order valence-electron chi connectivity index (χ4n) is 1.68. The van der Waals surface area contributed by atoms with Crippen molar-refractivity contribution in [2.75, 3.05) is 0 Å². The van der Waals surface area contributed by atoms with E-state index < -0.39 is 26.7 Å². The quantitative estimate of drug-likeness (QED) is 0.656. The fourth-order valence-corrected chi connectivity index (χ4v) is 2.64. The molecule has 0 aliphatic rings. The number of halogens is 3. The van der Waals surface area contributed by atoms with Crippen LogP contribution in [-0.4, -0.2) is 20.3 Å². The van der Waals surface area contributed by atoms with E-state index in [0.717, 1.165) is 11.1 Å². The van der Waals surface area contributed by atoms with Crippen LogP contribution in [0.2, 0.25) is 18.1 Å². The lowest BCUT2D eigenvalue weighted by molar-refractivity contribution is -0.171. The number of aryl methyl sites for hydroxylation is 1. The lowest BCUT2D eigenvalue weighted by atomic mass is 10.1. The molecule has 0 bridgehead atoms. The average Bonchev–Trinajstić information content (AvgIpc) is 2.41. The standard InChI is InChI=1S/C17H25F3O2Si/c1-16(2,3)23(4,5)22-12-14-8-6-13(7-9-14)10-11-15(21)17(18,19)20/h6-9H,10-12H2,1-5H3. The zero-order chi connectivity index (χ0) is 17.9. The molecule has 0 amide bonds. The van der Waals surface area contributed by atoms with E-state index in [2.05, 4.69) is 33.9 Å². The van der Waals surface area contributed by atoms with Gasteiger partial charge in [-0.05, 0) is 35.7 Å². The monoisotopic (exact) mass is 346 g/mol. The number of alkyl halides is 3. The van der Waals surface area contributed by atoms with Crippen molar-refractivity contribution in [1.82, 2.24) is 0 Å². The highest BCUT2D eigenvalue weighted by Gasteiger charge is 2.37. The van der Waals surface area contributed by atoms with Crippen molar-refractivity contribution >= 4 is 14.1 Å². The van der Waals surface area contributed by atoms with Gasteiger partial charge in [0, 0.05) is 6.42 Å². The maximum atomic E-state index is 12.2. The van der Waals surface area contributed by atoms with Crippen molar-refractivity contribution in [3.63, 3.8) is 0 Å². The normalized spacial score (nSPS) is 13.2. The minimum atomic E-state index is -4.74. The van der Waals surface area contributed by atoms with E-state index >= 15 is 0 Å². The van der Waals surface area contributed by atoms with Gasteiger partial charge in [0.25, 0.3) is 0 Å². The topological polar surface area (TPSA) is 26.3 Å². The molecular weight excluding hydrogens is 321 g/mol. The summed E-state index contributed by atoms with van der Waals surface area (Å²) in [5.74, 6) is -1.68. The molecule has 1 aromatic carbocycles. The first kappa shape index (κ1) is 19.9. The Morgan fingerprint density at radius 2 is 1.52 bits per heavy atom. The van der Waals surface area contributed by atoms with Gasteiger partial charge < -0.3 is 4.43 Å². The molecule has 130 valence electrons. The van der Waals surface area contributed by atoms with Gasteiger partial charge >= 0.3 is 6.18 Å². The van der Waals surface area contributed by atoms with Gasteiger partial charge in [-0.25, -0.2) is 0 Å². The molecule has 0 atom stereocenters. The van der Waals surface area contributed by atoms with Crippen LogP contribution in [0, 0.1) is 0 Å². The van der Waals surface area contributed by atoms with Crippen molar-refractivity contribution in [1.29, 1.82) is 0 Å². The predicted octanol–water partition coefficient (Wildman–Crippen LogP) is 5.27. The predicted molar refractivity (Wildman–Crippen MR) is 87.8 cm³/mol. The molecule has 0 N–H and O–H groups in total. The minimum Gasteiger partial charge on any atom is -0.413 e. The molecule has 0 saturated carbocycles. The summed E-state index contributed by atoms with van der Waals surface area (Å²) in [4.78, 5) is 10.9. The molecule has 0 aromatic heterocycles. The smallest absolute Gasteiger partial charge is 0.413 e.